The summed E-state index contributed by atoms with van der Waals surface area (Å²) in [7, 11) is 0. The molecule has 0 aliphatic heterocycles. The molecule has 134 valence electrons. The number of benzene rings is 2. The van der Waals surface area contributed by atoms with Gasteiger partial charge in [0.05, 0.1) is 12.5 Å². The van der Waals surface area contributed by atoms with Crippen molar-refractivity contribution in [1.82, 2.24) is 0 Å². The highest BCUT2D eigenvalue weighted by Gasteiger charge is 2.22. The van der Waals surface area contributed by atoms with E-state index in [2.05, 4.69) is 32.9 Å². The number of aliphatic carboxylic acids is 1. The van der Waals surface area contributed by atoms with Gasteiger partial charge in [-0.05, 0) is 54.0 Å². The van der Waals surface area contributed by atoms with Gasteiger partial charge in [-0.1, -0.05) is 57.2 Å². The van der Waals surface area contributed by atoms with E-state index >= 15 is 0 Å². The van der Waals surface area contributed by atoms with Crippen LogP contribution in [0.5, 0.6) is 5.75 Å². The van der Waals surface area contributed by atoms with Crippen molar-refractivity contribution in [3.8, 4) is 5.75 Å². The summed E-state index contributed by atoms with van der Waals surface area (Å²) in [6.45, 7) is 11.0. The summed E-state index contributed by atoms with van der Waals surface area (Å²) >= 11 is 0. The Bertz CT molecular complexity index is 724. The van der Waals surface area contributed by atoms with Crippen LogP contribution in [0.4, 0.5) is 0 Å². The number of hydrogen-bond donors (Lipinski definition) is 1. The molecule has 3 heteroatoms. The molecule has 2 rings (SSSR count). The predicted molar refractivity (Wildman–Crippen MR) is 102 cm³/mol. The van der Waals surface area contributed by atoms with E-state index in [1.54, 1.807) is 0 Å². The van der Waals surface area contributed by atoms with E-state index in [-0.39, 0.29) is 5.41 Å². The van der Waals surface area contributed by atoms with E-state index in [0.717, 1.165) is 22.4 Å². The van der Waals surface area contributed by atoms with Crippen LogP contribution in [0.25, 0.3) is 0 Å². The lowest BCUT2D eigenvalue weighted by molar-refractivity contribution is -0.138. The maximum absolute atomic E-state index is 11.8. The summed E-state index contributed by atoms with van der Waals surface area (Å²) in [5, 5.41) is 9.70. The molecule has 2 aromatic rings. The molecule has 2 aromatic carbocycles. The second-order valence-electron chi connectivity index (χ2n) is 7.50. The third-order valence-electron chi connectivity index (χ3n) is 4.46. The van der Waals surface area contributed by atoms with Crippen molar-refractivity contribution in [3.63, 3.8) is 0 Å². The van der Waals surface area contributed by atoms with Gasteiger partial charge < -0.3 is 9.84 Å². The van der Waals surface area contributed by atoms with Crippen molar-refractivity contribution in [2.24, 2.45) is 0 Å². The summed E-state index contributed by atoms with van der Waals surface area (Å²) in [5.74, 6) is -0.553. The first-order chi connectivity index (χ1) is 11.7. The quantitative estimate of drug-likeness (QED) is 0.795. The Morgan fingerprint density at radius 1 is 1.12 bits per heavy atom. The van der Waals surface area contributed by atoms with Crippen molar-refractivity contribution in [3.05, 3.63) is 64.7 Å². The lowest BCUT2D eigenvalue weighted by atomic mass is 9.85. The van der Waals surface area contributed by atoms with E-state index in [0.29, 0.717) is 13.0 Å². The molecule has 0 heterocycles. The lowest BCUT2D eigenvalue weighted by Crippen LogP contribution is -2.15. The molecule has 0 radical (unpaired) electrons. The smallest absolute Gasteiger partial charge is 0.311 e. The molecule has 1 atom stereocenters. The van der Waals surface area contributed by atoms with Crippen molar-refractivity contribution < 1.29 is 14.6 Å². The Labute approximate surface area is 150 Å². The molecule has 0 saturated heterocycles. The molecule has 25 heavy (non-hydrogen) atoms. The van der Waals surface area contributed by atoms with Gasteiger partial charge in [0.2, 0.25) is 0 Å². The Morgan fingerprint density at radius 2 is 1.76 bits per heavy atom. The van der Waals surface area contributed by atoms with Crippen LogP contribution < -0.4 is 4.74 Å². The highest BCUT2D eigenvalue weighted by Crippen LogP contribution is 2.28. The summed E-state index contributed by atoms with van der Waals surface area (Å²) in [5.41, 5.74) is 4.16. The minimum atomic E-state index is -0.802. The minimum absolute atomic E-state index is 0.0942. The first kappa shape index (κ1) is 19.0. The fourth-order valence-electron chi connectivity index (χ4n) is 2.93. The molecule has 0 aromatic heterocycles. The van der Waals surface area contributed by atoms with E-state index in [1.165, 1.54) is 5.56 Å². The van der Waals surface area contributed by atoms with Crippen LogP contribution in [0.15, 0.2) is 42.5 Å². The molecule has 0 amide bonds. The number of rotatable bonds is 6. The van der Waals surface area contributed by atoms with Crippen LogP contribution in [0, 0.1) is 6.92 Å². The second kappa shape index (κ2) is 7.73. The number of carboxylic acids is 1. The van der Waals surface area contributed by atoms with Gasteiger partial charge in [0.1, 0.15) is 5.75 Å². The van der Waals surface area contributed by atoms with Gasteiger partial charge in [0, 0.05) is 0 Å². The molecule has 1 unspecified atom stereocenters. The normalized spacial score (nSPS) is 12.7. The molecule has 3 nitrogen and oxygen atoms in total. The fourth-order valence-corrected chi connectivity index (χ4v) is 2.93. The maximum atomic E-state index is 11.8. The third kappa shape index (κ3) is 4.85. The second-order valence-corrected chi connectivity index (χ2v) is 7.50. The van der Waals surface area contributed by atoms with Gasteiger partial charge in [-0.15, -0.1) is 0 Å². The average molecular weight is 340 g/mol. The molecule has 0 aliphatic rings. The van der Waals surface area contributed by atoms with E-state index in [4.69, 9.17) is 4.74 Å². The molecule has 0 fully saturated rings. The summed E-state index contributed by atoms with van der Waals surface area (Å²) in [6, 6.07) is 13.9. The van der Waals surface area contributed by atoms with Gasteiger partial charge in [-0.2, -0.15) is 0 Å². The summed E-state index contributed by atoms with van der Waals surface area (Å²) in [4.78, 5) is 11.8. The van der Waals surface area contributed by atoms with Crippen LogP contribution in [-0.2, 0) is 16.6 Å². The molecule has 0 saturated carbocycles. The van der Waals surface area contributed by atoms with Gasteiger partial charge in [-0.25, -0.2) is 0 Å². The van der Waals surface area contributed by atoms with E-state index in [9.17, 15) is 9.90 Å². The van der Waals surface area contributed by atoms with Crippen LogP contribution in [0.1, 0.15) is 55.9 Å². The van der Waals surface area contributed by atoms with Crippen molar-refractivity contribution in [2.75, 3.05) is 6.61 Å². The molecule has 0 spiro atoms. The highest BCUT2D eigenvalue weighted by atomic mass is 16.5. The first-order valence-electron chi connectivity index (χ1n) is 8.78. The highest BCUT2D eigenvalue weighted by molar-refractivity contribution is 5.76. The summed E-state index contributed by atoms with van der Waals surface area (Å²) in [6.07, 6.45) is 0.479. The van der Waals surface area contributed by atoms with Crippen LogP contribution in [-0.4, -0.2) is 17.7 Å². The lowest BCUT2D eigenvalue weighted by Gasteiger charge is -2.20. The third-order valence-corrected chi connectivity index (χ3v) is 4.46. The zero-order valence-corrected chi connectivity index (χ0v) is 15.8. The monoisotopic (exact) mass is 340 g/mol. The average Bonchev–Trinajstić information content (AvgIpc) is 2.54. The first-order valence-corrected chi connectivity index (χ1v) is 8.78. The van der Waals surface area contributed by atoms with Crippen LogP contribution in [0.2, 0.25) is 0 Å². The predicted octanol–water partition coefficient (Wildman–Crippen LogP) is 5.10. The summed E-state index contributed by atoms with van der Waals surface area (Å²) < 4.78 is 5.55. The Balaban J connectivity index is 2.24. The molecule has 0 aliphatic carbocycles. The Hall–Kier alpha value is -2.29. The number of carboxylic acid groups (broad SMARTS) is 1. The van der Waals surface area contributed by atoms with E-state index in [1.807, 2.05) is 44.2 Å². The van der Waals surface area contributed by atoms with Crippen molar-refractivity contribution >= 4 is 5.97 Å². The molecule has 1 N–H and O–H groups in total. The largest absolute Gasteiger partial charge is 0.494 e. The number of aryl methyl sites for hydroxylation is 1. The molecular weight excluding hydrogens is 312 g/mol. The zero-order chi connectivity index (χ0) is 18.6. The number of hydrogen-bond acceptors (Lipinski definition) is 2. The van der Waals surface area contributed by atoms with Gasteiger partial charge in [0.25, 0.3) is 0 Å². The number of carbonyl (C=O) groups is 1. The van der Waals surface area contributed by atoms with Gasteiger partial charge in [0.15, 0.2) is 0 Å². The molecular formula is C22H28O3. The van der Waals surface area contributed by atoms with Crippen LogP contribution >= 0.6 is 0 Å². The van der Waals surface area contributed by atoms with Gasteiger partial charge >= 0.3 is 5.97 Å². The van der Waals surface area contributed by atoms with Crippen LogP contribution in [0.3, 0.4) is 0 Å². The van der Waals surface area contributed by atoms with E-state index < -0.39 is 11.9 Å². The van der Waals surface area contributed by atoms with Gasteiger partial charge in [-0.3, -0.25) is 4.79 Å². The fraction of sp³-hybridized carbons (Fsp3) is 0.409. The SMILES string of the molecule is CCOc1ccc(C(Cc2ccc(C(C)(C)C)cc2)C(=O)O)cc1C. The Morgan fingerprint density at radius 3 is 2.24 bits per heavy atom. The standard InChI is InChI=1S/C22H28O3/c1-6-25-20-12-9-17(13-15(20)2)19(21(23)24)14-16-7-10-18(11-8-16)22(3,4)5/h7-13,19H,6,14H2,1-5H3,(H,23,24). The molecule has 0 bridgehead atoms. The zero-order valence-electron chi connectivity index (χ0n) is 15.8. The topological polar surface area (TPSA) is 46.5 Å². The minimum Gasteiger partial charge on any atom is -0.494 e. The Kier molecular flexibility index (Phi) is 5.89. The van der Waals surface area contributed by atoms with Crippen molar-refractivity contribution in [2.45, 2.75) is 52.4 Å². The number of ether oxygens (including phenoxy) is 1. The van der Waals surface area contributed by atoms with Crippen molar-refractivity contribution in [1.29, 1.82) is 0 Å². The maximum Gasteiger partial charge on any atom is 0.311 e.